The number of halogens is 3. The number of aryl methyl sites for hydroxylation is 1. The summed E-state index contributed by atoms with van der Waals surface area (Å²) in [6.45, 7) is 3.12. The Morgan fingerprint density at radius 1 is 1.44 bits per heavy atom. The lowest BCUT2D eigenvalue weighted by atomic mass is 10.2. The van der Waals surface area contributed by atoms with E-state index in [2.05, 4.69) is 9.72 Å². The predicted octanol–water partition coefficient (Wildman–Crippen LogP) is 2.00. The molecule has 5 nitrogen and oxygen atoms in total. The summed E-state index contributed by atoms with van der Waals surface area (Å²) >= 11 is 0. The van der Waals surface area contributed by atoms with Gasteiger partial charge in [0.15, 0.2) is 0 Å². The van der Waals surface area contributed by atoms with Crippen LogP contribution in [0.4, 0.5) is 18.9 Å². The van der Waals surface area contributed by atoms with Crippen LogP contribution in [0.2, 0.25) is 0 Å². The molecule has 0 saturated heterocycles. The molecule has 100 valence electrons. The van der Waals surface area contributed by atoms with Crippen LogP contribution in [0.15, 0.2) is 6.20 Å². The molecule has 1 aromatic rings. The summed E-state index contributed by atoms with van der Waals surface area (Å²) in [5.74, 6) is -2.94. The fraction of sp³-hybridized carbons (Fsp3) is 0.400. The molecule has 2 N–H and O–H groups in total. The van der Waals surface area contributed by atoms with Crippen molar-refractivity contribution < 1.29 is 27.5 Å². The van der Waals surface area contributed by atoms with Crippen LogP contribution < -0.4 is 5.32 Å². The van der Waals surface area contributed by atoms with Crippen LogP contribution >= 0.6 is 0 Å². The maximum Gasteiger partial charge on any atom is 0.471 e. The highest BCUT2D eigenvalue weighted by Gasteiger charge is 2.39. The van der Waals surface area contributed by atoms with Crippen LogP contribution in [0.3, 0.4) is 0 Å². The molecule has 0 radical (unpaired) electrons. The van der Waals surface area contributed by atoms with Crippen molar-refractivity contribution >= 4 is 17.6 Å². The number of carbonyl (C=O) groups excluding carboxylic acids is 2. The zero-order valence-electron chi connectivity index (χ0n) is 9.64. The van der Waals surface area contributed by atoms with E-state index in [9.17, 15) is 22.8 Å². The number of alkyl halides is 3. The Morgan fingerprint density at radius 3 is 2.56 bits per heavy atom. The van der Waals surface area contributed by atoms with Crippen LogP contribution in [0.25, 0.3) is 0 Å². The van der Waals surface area contributed by atoms with Gasteiger partial charge in [0.1, 0.15) is 5.56 Å². The van der Waals surface area contributed by atoms with Gasteiger partial charge in [-0.3, -0.25) is 4.79 Å². The lowest BCUT2D eigenvalue weighted by molar-refractivity contribution is -0.167. The van der Waals surface area contributed by atoms with E-state index in [1.807, 2.05) is 0 Å². The summed E-state index contributed by atoms with van der Waals surface area (Å²) < 4.78 is 40.9. The van der Waals surface area contributed by atoms with Crippen molar-refractivity contribution in [3.05, 3.63) is 17.5 Å². The van der Waals surface area contributed by atoms with Gasteiger partial charge in [0.25, 0.3) is 0 Å². The molecular weight excluding hydrogens is 253 g/mol. The van der Waals surface area contributed by atoms with Crippen molar-refractivity contribution in [3.8, 4) is 0 Å². The number of nitrogens with one attached hydrogen (secondary N) is 2. The second-order valence-corrected chi connectivity index (χ2v) is 3.37. The topological polar surface area (TPSA) is 71.2 Å². The van der Waals surface area contributed by atoms with Gasteiger partial charge < -0.3 is 15.0 Å². The lowest BCUT2D eigenvalue weighted by Crippen LogP contribution is -2.30. The van der Waals surface area contributed by atoms with Gasteiger partial charge in [0.2, 0.25) is 0 Å². The molecule has 1 rings (SSSR count). The number of anilines is 1. The van der Waals surface area contributed by atoms with E-state index in [0.29, 0.717) is 5.69 Å². The van der Waals surface area contributed by atoms with Gasteiger partial charge in [0.05, 0.1) is 12.3 Å². The minimum atomic E-state index is -5.02. The van der Waals surface area contributed by atoms with Gasteiger partial charge in [-0.05, 0) is 13.8 Å². The third-order valence-corrected chi connectivity index (χ3v) is 2.06. The van der Waals surface area contributed by atoms with Crippen molar-refractivity contribution in [2.75, 3.05) is 11.9 Å². The highest BCUT2D eigenvalue weighted by molar-refractivity contribution is 6.03. The largest absolute Gasteiger partial charge is 0.471 e. The normalized spacial score (nSPS) is 11.2. The summed E-state index contributed by atoms with van der Waals surface area (Å²) in [6.07, 6.45) is -3.91. The maximum atomic E-state index is 12.1. The first-order chi connectivity index (χ1) is 8.27. The van der Waals surface area contributed by atoms with Crippen LogP contribution in [-0.2, 0) is 9.53 Å². The van der Waals surface area contributed by atoms with Gasteiger partial charge in [-0.2, -0.15) is 13.2 Å². The van der Waals surface area contributed by atoms with Crippen LogP contribution in [-0.4, -0.2) is 29.6 Å². The molecule has 0 aliphatic rings. The highest BCUT2D eigenvalue weighted by Crippen LogP contribution is 2.23. The van der Waals surface area contributed by atoms with Gasteiger partial charge in [0, 0.05) is 11.9 Å². The lowest BCUT2D eigenvalue weighted by Gasteiger charge is -2.08. The Hall–Kier alpha value is -1.99. The summed E-state index contributed by atoms with van der Waals surface area (Å²) in [5, 5.41) is 1.61. The average Bonchev–Trinajstić information content (AvgIpc) is 2.58. The fourth-order valence-electron chi connectivity index (χ4n) is 1.28. The standard InChI is InChI=1S/C10H11F3N2O3/c1-3-18-8(16)7-5(2)14-4-6(7)15-9(17)10(11,12)13/h4,14H,3H2,1-2H3,(H,15,17). The maximum absolute atomic E-state index is 12.1. The number of hydrogen-bond donors (Lipinski definition) is 2. The third kappa shape index (κ3) is 3.02. The molecular formula is C10H11F3N2O3. The first-order valence-electron chi connectivity index (χ1n) is 5.00. The number of carbonyl (C=O) groups is 2. The number of hydrogen-bond acceptors (Lipinski definition) is 3. The van der Waals surface area contributed by atoms with E-state index in [0.717, 1.165) is 6.20 Å². The van der Waals surface area contributed by atoms with E-state index in [4.69, 9.17) is 0 Å². The van der Waals surface area contributed by atoms with E-state index >= 15 is 0 Å². The molecule has 0 spiro atoms. The Balaban J connectivity index is 2.98. The molecule has 0 aliphatic heterocycles. The minimum absolute atomic E-state index is 0.0795. The molecule has 1 aromatic heterocycles. The quantitative estimate of drug-likeness (QED) is 0.820. The molecule has 0 aromatic carbocycles. The second kappa shape index (κ2) is 5.11. The molecule has 0 fully saturated rings. The molecule has 1 amide bonds. The summed E-state index contributed by atoms with van der Waals surface area (Å²) in [5.41, 5.74) is -0.0614. The molecule has 0 atom stereocenters. The van der Waals surface area contributed by atoms with Crippen molar-refractivity contribution in [1.82, 2.24) is 4.98 Å². The number of aromatic amines is 1. The smallest absolute Gasteiger partial charge is 0.462 e. The number of esters is 1. The van der Waals surface area contributed by atoms with Crippen LogP contribution in [0, 0.1) is 6.92 Å². The van der Waals surface area contributed by atoms with Crippen molar-refractivity contribution in [1.29, 1.82) is 0 Å². The van der Waals surface area contributed by atoms with E-state index in [1.165, 1.54) is 6.92 Å². The zero-order chi connectivity index (χ0) is 13.9. The predicted molar refractivity (Wildman–Crippen MR) is 56.2 cm³/mol. The number of H-pyrrole nitrogens is 1. The SMILES string of the molecule is CCOC(=O)c1c(NC(=O)C(F)(F)F)c[nH]c1C. The molecule has 0 unspecified atom stereocenters. The molecule has 18 heavy (non-hydrogen) atoms. The van der Waals surface area contributed by atoms with Gasteiger partial charge >= 0.3 is 18.1 Å². The van der Waals surface area contributed by atoms with Crippen LogP contribution in [0.1, 0.15) is 23.0 Å². The molecule has 1 heterocycles. The fourth-order valence-corrected chi connectivity index (χ4v) is 1.28. The van der Waals surface area contributed by atoms with Gasteiger partial charge in [-0.15, -0.1) is 0 Å². The molecule has 0 saturated carbocycles. The van der Waals surface area contributed by atoms with Crippen molar-refractivity contribution in [3.63, 3.8) is 0 Å². The Morgan fingerprint density at radius 2 is 2.06 bits per heavy atom. The summed E-state index contributed by atoms with van der Waals surface area (Å²) in [7, 11) is 0. The molecule has 0 bridgehead atoms. The minimum Gasteiger partial charge on any atom is -0.462 e. The Labute approximate surface area is 100 Å². The Kier molecular flexibility index (Phi) is 4.00. The Bertz CT molecular complexity index is 465. The van der Waals surface area contributed by atoms with Crippen molar-refractivity contribution in [2.24, 2.45) is 0 Å². The highest BCUT2D eigenvalue weighted by atomic mass is 19.4. The second-order valence-electron chi connectivity index (χ2n) is 3.37. The number of ether oxygens (including phenoxy) is 1. The third-order valence-electron chi connectivity index (χ3n) is 2.06. The van der Waals surface area contributed by atoms with Gasteiger partial charge in [-0.1, -0.05) is 0 Å². The van der Waals surface area contributed by atoms with E-state index in [1.54, 1.807) is 12.2 Å². The first-order valence-corrected chi connectivity index (χ1v) is 5.00. The van der Waals surface area contributed by atoms with Gasteiger partial charge in [-0.25, -0.2) is 4.79 Å². The molecule has 8 heteroatoms. The van der Waals surface area contributed by atoms with Crippen molar-refractivity contribution in [2.45, 2.75) is 20.0 Å². The monoisotopic (exact) mass is 264 g/mol. The summed E-state index contributed by atoms with van der Waals surface area (Å²) in [6, 6.07) is 0. The van der Waals surface area contributed by atoms with Crippen LogP contribution in [0.5, 0.6) is 0 Å². The zero-order valence-corrected chi connectivity index (χ0v) is 9.64. The van der Waals surface area contributed by atoms with E-state index < -0.39 is 18.1 Å². The average molecular weight is 264 g/mol. The van der Waals surface area contributed by atoms with E-state index in [-0.39, 0.29) is 17.9 Å². The number of aromatic nitrogens is 1. The molecule has 0 aliphatic carbocycles. The number of amides is 1. The first kappa shape index (κ1) is 14.1. The summed E-state index contributed by atoms with van der Waals surface area (Å²) in [4.78, 5) is 24.8. The number of rotatable bonds is 3.